The number of H-pyrrole nitrogens is 1. The van der Waals surface area contributed by atoms with Crippen LogP contribution in [0.3, 0.4) is 0 Å². The van der Waals surface area contributed by atoms with Crippen LogP contribution >= 0.6 is 0 Å². The molecular weight excluding hydrogens is 445 g/mol. The third kappa shape index (κ3) is 4.41. The van der Waals surface area contributed by atoms with Gasteiger partial charge in [0.1, 0.15) is 18.2 Å². The summed E-state index contributed by atoms with van der Waals surface area (Å²) in [5, 5.41) is 9.23. The number of carbonyl (C=O) groups excluding carboxylic acids is 1. The fourth-order valence-corrected chi connectivity index (χ4v) is 4.10. The normalized spacial score (nSPS) is 16.8. The highest BCUT2D eigenvalue weighted by Gasteiger charge is 2.25. The van der Waals surface area contributed by atoms with Crippen molar-refractivity contribution in [2.45, 2.75) is 40.0 Å². The Morgan fingerprint density at radius 3 is 2.80 bits per heavy atom. The van der Waals surface area contributed by atoms with Crippen LogP contribution in [0.25, 0.3) is 11.1 Å². The lowest BCUT2D eigenvalue weighted by atomic mass is 9.95. The van der Waals surface area contributed by atoms with Crippen molar-refractivity contribution in [3.63, 3.8) is 0 Å². The van der Waals surface area contributed by atoms with Gasteiger partial charge in [0.05, 0.1) is 17.6 Å². The summed E-state index contributed by atoms with van der Waals surface area (Å²) in [6, 6.07) is 4.95. The van der Waals surface area contributed by atoms with Crippen LogP contribution in [0.5, 0.6) is 0 Å². The van der Waals surface area contributed by atoms with E-state index < -0.39 is 11.2 Å². The van der Waals surface area contributed by atoms with Gasteiger partial charge in [-0.3, -0.25) is 14.8 Å². The number of nitrogens with zero attached hydrogens (tertiary/aromatic N) is 3. The molecule has 2 aliphatic rings. The van der Waals surface area contributed by atoms with Gasteiger partial charge in [-0.05, 0) is 30.8 Å². The van der Waals surface area contributed by atoms with E-state index in [9.17, 15) is 4.79 Å². The Morgan fingerprint density at radius 1 is 1.17 bits per heavy atom. The van der Waals surface area contributed by atoms with Gasteiger partial charge in [0.2, 0.25) is 5.91 Å². The molecule has 1 aromatic carbocycles. The summed E-state index contributed by atoms with van der Waals surface area (Å²) in [7, 11) is 0. The smallest absolute Gasteiger partial charge is 0.229 e. The van der Waals surface area contributed by atoms with Gasteiger partial charge in [-0.2, -0.15) is 0 Å². The Kier molecular flexibility index (Phi) is 5.62. The summed E-state index contributed by atoms with van der Waals surface area (Å²) >= 11 is 0. The third-order valence-electron chi connectivity index (χ3n) is 6.13. The van der Waals surface area contributed by atoms with Gasteiger partial charge in [-0.15, -0.1) is 0 Å². The minimum Gasteiger partial charge on any atom is -0.366 e. The molecule has 35 heavy (non-hydrogen) atoms. The highest BCUT2D eigenvalue weighted by Crippen LogP contribution is 2.34. The molecule has 1 amide bonds. The first kappa shape index (κ1) is 22.8. The summed E-state index contributed by atoms with van der Waals surface area (Å²) in [5.74, 6) is 1.15. The Labute approximate surface area is 203 Å². The molecule has 8 nitrogen and oxygen atoms in total. The monoisotopic (exact) mass is 473 g/mol. The van der Waals surface area contributed by atoms with E-state index in [-0.39, 0.29) is 11.8 Å². The number of aliphatic imine (C=N–C) groups is 1. The van der Waals surface area contributed by atoms with Crippen LogP contribution in [0.1, 0.15) is 57.1 Å². The SMILES string of the molecule is CC1CC=CNc2nc(C3=NCNc4cc(F)c(-c5cncc(NC(=O)C(C)(C)C)c5)cc43)[nH]c21. The number of amides is 1. The van der Waals surface area contributed by atoms with Crippen LogP contribution in [-0.4, -0.2) is 33.2 Å². The van der Waals surface area contributed by atoms with Gasteiger partial charge in [-0.25, -0.2) is 9.37 Å². The van der Waals surface area contributed by atoms with Crippen molar-refractivity contribution in [3.05, 3.63) is 65.8 Å². The fraction of sp³-hybridized carbons (Fsp3) is 0.308. The number of rotatable bonds is 3. The number of nitrogens with one attached hydrogen (secondary N) is 4. The molecule has 4 N–H and O–H groups in total. The molecule has 0 bridgehead atoms. The topological polar surface area (TPSA) is 107 Å². The lowest BCUT2D eigenvalue weighted by molar-refractivity contribution is -0.123. The number of fused-ring (bicyclic) bond motifs is 2. The van der Waals surface area contributed by atoms with Crippen LogP contribution in [0.4, 0.5) is 21.6 Å². The molecule has 5 rings (SSSR count). The van der Waals surface area contributed by atoms with E-state index in [0.717, 1.165) is 23.5 Å². The molecule has 0 spiro atoms. The van der Waals surface area contributed by atoms with Gasteiger partial charge < -0.3 is 20.9 Å². The van der Waals surface area contributed by atoms with Crippen molar-refractivity contribution in [1.29, 1.82) is 0 Å². The highest BCUT2D eigenvalue weighted by molar-refractivity contribution is 6.15. The summed E-state index contributed by atoms with van der Waals surface area (Å²) in [4.78, 5) is 29.5. The van der Waals surface area contributed by atoms with Crippen LogP contribution in [0, 0.1) is 11.2 Å². The summed E-state index contributed by atoms with van der Waals surface area (Å²) in [6.07, 6.45) is 8.01. The van der Waals surface area contributed by atoms with Crippen molar-refractivity contribution < 1.29 is 9.18 Å². The van der Waals surface area contributed by atoms with Gasteiger partial charge in [0, 0.05) is 39.9 Å². The average Bonchev–Trinajstić information content (AvgIpc) is 3.17. The second-order valence-electron chi connectivity index (χ2n) is 9.92. The van der Waals surface area contributed by atoms with E-state index in [2.05, 4.69) is 43.9 Å². The number of hydrogen-bond donors (Lipinski definition) is 4. The molecule has 0 aliphatic carbocycles. The summed E-state index contributed by atoms with van der Waals surface area (Å²) in [6.45, 7) is 7.96. The number of anilines is 3. The van der Waals surface area contributed by atoms with E-state index in [1.807, 2.05) is 27.0 Å². The van der Waals surface area contributed by atoms with Crippen molar-refractivity contribution in [2.24, 2.45) is 10.4 Å². The quantitative estimate of drug-likeness (QED) is 0.416. The van der Waals surface area contributed by atoms with Gasteiger partial charge in [-0.1, -0.05) is 33.8 Å². The van der Waals surface area contributed by atoms with E-state index in [1.54, 1.807) is 24.5 Å². The molecule has 0 saturated heterocycles. The number of imidazole rings is 1. The third-order valence-corrected chi connectivity index (χ3v) is 6.13. The molecule has 9 heteroatoms. The molecule has 1 atom stereocenters. The number of aromatic amines is 1. The zero-order valence-electron chi connectivity index (χ0n) is 20.2. The molecule has 1 unspecified atom stereocenters. The van der Waals surface area contributed by atoms with E-state index >= 15 is 4.39 Å². The van der Waals surface area contributed by atoms with Crippen molar-refractivity contribution in [1.82, 2.24) is 15.0 Å². The zero-order chi connectivity index (χ0) is 24.7. The van der Waals surface area contributed by atoms with Gasteiger partial charge >= 0.3 is 0 Å². The number of hydrogen-bond acceptors (Lipinski definition) is 6. The molecular formula is C26H28FN7O. The predicted octanol–water partition coefficient (Wildman–Crippen LogP) is 5.25. The maximum atomic E-state index is 15.2. The van der Waals surface area contributed by atoms with Gasteiger partial charge in [0.15, 0.2) is 11.6 Å². The van der Waals surface area contributed by atoms with Crippen molar-refractivity contribution in [2.75, 3.05) is 22.6 Å². The highest BCUT2D eigenvalue weighted by atomic mass is 19.1. The largest absolute Gasteiger partial charge is 0.366 e. The zero-order valence-corrected chi connectivity index (χ0v) is 20.2. The fourth-order valence-electron chi connectivity index (χ4n) is 4.10. The molecule has 4 heterocycles. The second-order valence-corrected chi connectivity index (χ2v) is 9.92. The molecule has 180 valence electrons. The second kappa shape index (κ2) is 8.65. The van der Waals surface area contributed by atoms with Gasteiger partial charge in [0.25, 0.3) is 0 Å². The van der Waals surface area contributed by atoms with E-state index in [0.29, 0.717) is 40.7 Å². The van der Waals surface area contributed by atoms with Crippen molar-refractivity contribution >= 4 is 28.8 Å². The first-order chi connectivity index (χ1) is 16.7. The van der Waals surface area contributed by atoms with Crippen molar-refractivity contribution in [3.8, 4) is 11.1 Å². The summed E-state index contributed by atoms with van der Waals surface area (Å²) in [5.41, 5.74) is 3.93. The minimum atomic E-state index is -0.562. The van der Waals surface area contributed by atoms with E-state index in [1.165, 1.54) is 6.07 Å². The first-order valence-corrected chi connectivity index (χ1v) is 11.6. The lowest BCUT2D eigenvalue weighted by Crippen LogP contribution is -2.27. The Hall–Kier alpha value is -4.01. The molecule has 0 radical (unpaired) electrons. The Bertz CT molecular complexity index is 1370. The van der Waals surface area contributed by atoms with Crippen LogP contribution < -0.4 is 16.0 Å². The molecule has 0 fully saturated rings. The molecule has 0 saturated carbocycles. The number of aromatic nitrogens is 3. The Morgan fingerprint density at radius 2 is 2.00 bits per heavy atom. The maximum Gasteiger partial charge on any atom is 0.229 e. The number of allylic oxidation sites excluding steroid dienone is 1. The number of pyridine rings is 1. The summed E-state index contributed by atoms with van der Waals surface area (Å²) < 4.78 is 15.2. The number of benzene rings is 1. The maximum absolute atomic E-state index is 15.2. The number of halogens is 1. The average molecular weight is 474 g/mol. The number of carbonyl (C=O) groups is 1. The van der Waals surface area contributed by atoms with Crippen LogP contribution in [-0.2, 0) is 4.79 Å². The minimum absolute atomic E-state index is 0.142. The molecule has 3 aromatic rings. The first-order valence-electron chi connectivity index (χ1n) is 11.6. The van der Waals surface area contributed by atoms with E-state index in [4.69, 9.17) is 4.98 Å². The Balaban J connectivity index is 1.53. The molecule has 2 aromatic heterocycles. The lowest BCUT2D eigenvalue weighted by Gasteiger charge is -2.20. The predicted molar refractivity (Wildman–Crippen MR) is 136 cm³/mol. The molecule has 2 aliphatic heterocycles. The standard InChI is InChI=1S/C26H28FN7O/c1-14-6-5-7-29-23-21(14)33-24(34-23)22-18-9-17(19(27)10-20(18)30-13-31-22)15-8-16(12-28-11-15)32-25(35)26(2,3)4/h5,7-12,14,29-30H,6,13H2,1-4H3,(H,32,35)(H,33,34). The van der Waals surface area contributed by atoms with Crippen LogP contribution in [0.15, 0.2) is 47.9 Å². The van der Waals surface area contributed by atoms with Crippen LogP contribution in [0.2, 0.25) is 0 Å².